The van der Waals surface area contributed by atoms with E-state index >= 15 is 0 Å². The first-order valence-electron chi connectivity index (χ1n) is 17.0. The molecule has 0 saturated heterocycles. The summed E-state index contributed by atoms with van der Waals surface area (Å²) in [7, 11) is 0. The molecule has 2 aromatic heterocycles. The van der Waals surface area contributed by atoms with E-state index in [0.717, 1.165) is 28.4 Å². The van der Waals surface area contributed by atoms with Gasteiger partial charge in [0.2, 0.25) is 0 Å². The van der Waals surface area contributed by atoms with Gasteiger partial charge >= 0.3 is 0 Å². The van der Waals surface area contributed by atoms with E-state index in [1.165, 1.54) is 71.9 Å². The Morgan fingerprint density at radius 1 is 0.646 bits per heavy atom. The van der Waals surface area contributed by atoms with Gasteiger partial charge < -0.3 is 9.97 Å². The van der Waals surface area contributed by atoms with Crippen LogP contribution in [0.4, 0.5) is 0 Å². The Bertz CT molecular complexity index is 1840. The fourth-order valence-electron chi connectivity index (χ4n) is 6.58. The van der Waals surface area contributed by atoms with Crippen molar-refractivity contribution >= 4 is 0 Å². The van der Waals surface area contributed by atoms with Crippen LogP contribution in [0.2, 0.25) is 0 Å². The van der Waals surface area contributed by atoms with Gasteiger partial charge in [0, 0.05) is 37.9 Å². The van der Waals surface area contributed by atoms with Crippen molar-refractivity contribution in [2.45, 2.75) is 64.7 Å². The first kappa shape index (κ1) is 35.1. The monoisotopic (exact) mass is 805 g/mol. The molecule has 1 saturated carbocycles. The summed E-state index contributed by atoms with van der Waals surface area (Å²) in [4.78, 5) is 9.11. The second kappa shape index (κ2) is 16.8. The standard InChI is InChI=1S/C26H22N.C19H22N.Ir/c1-26(2,23-15-13-21(14-16-23)20-9-5-3-6-10-20)24-17-18-27-25(19-24)22-11-7-4-8-12-22;1-15-14-20-19(17-10-6-3-7-11-17)13-18(15)12-16-8-4-2-5-9-16;/h3-11,13-19H,1-2H3;3,6-7,10,13-14,16H,2,4-5,8-9,12H2,1H3;/q2*-1;. The van der Waals surface area contributed by atoms with Crippen LogP contribution in [0.15, 0.2) is 134 Å². The van der Waals surface area contributed by atoms with Gasteiger partial charge in [0.1, 0.15) is 0 Å². The second-order valence-electron chi connectivity index (χ2n) is 13.3. The van der Waals surface area contributed by atoms with E-state index in [1.54, 1.807) is 0 Å². The van der Waals surface area contributed by atoms with Crippen LogP contribution in [0.3, 0.4) is 0 Å². The normalized spacial score (nSPS) is 13.1. The smallest absolute Gasteiger partial charge is 0.0192 e. The van der Waals surface area contributed by atoms with Crippen LogP contribution in [0.25, 0.3) is 33.6 Å². The van der Waals surface area contributed by atoms with Crippen LogP contribution in [-0.2, 0) is 31.9 Å². The molecule has 0 N–H and O–H groups in total. The molecule has 4 aromatic carbocycles. The number of pyridine rings is 2. The van der Waals surface area contributed by atoms with Gasteiger partial charge in [-0.15, -0.1) is 71.8 Å². The summed E-state index contributed by atoms with van der Waals surface area (Å²) in [6, 6.07) is 48.5. The molecule has 48 heavy (non-hydrogen) atoms. The van der Waals surface area contributed by atoms with E-state index in [2.05, 4.69) is 116 Å². The van der Waals surface area contributed by atoms with Crippen molar-refractivity contribution in [1.82, 2.24) is 9.97 Å². The van der Waals surface area contributed by atoms with Crippen LogP contribution in [0.5, 0.6) is 0 Å². The molecule has 7 rings (SSSR count). The van der Waals surface area contributed by atoms with Crippen LogP contribution in [0, 0.1) is 25.0 Å². The predicted molar refractivity (Wildman–Crippen MR) is 196 cm³/mol. The van der Waals surface area contributed by atoms with Crippen molar-refractivity contribution in [2.75, 3.05) is 0 Å². The Balaban J connectivity index is 0.000000192. The first-order chi connectivity index (χ1) is 23.0. The van der Waals surface area contributed by atoms with Crippen molar-refractivity contribution in [3.05, 3.63) is 168 Å². The van der Waals surface area contributed by atoms with Crippen LogP contribution >= 0.6 is 0 Å². The third kappa shape index (κ3) is 8.84. The van der Waals surface area contributed by atoms with Gasteiger partial charge in [0.15, 0.2) is 0 Å². The van der Waals surface area contributed by atoms with E-state index in [4.69, 9.17) is 0 Å². The number of nitrogens with zero attached hydrogens (tertiary/aromatic N) is 2. The van der Waals surface area contributed by atoms with E-state index in [0.29, 0.717) is 0 Å². The van der Waals surface area contributed by atoms with E-state index in [1.807, 2.05) is 60.9 Å². The number of aromatic nitrogens is 2. The van der Waals surface area contributed by atoms with Gasteiger partial charge in [-0.2, -0.15) is 0 Å². The minimum Gasteiger partial charge on any atom is -0.305 e. The Labute approximate surface area is 301 Å². The number of rotatable bonds is 7. The Morgan fingerprint density at radius 2 is 1.25 bits per heavy atom. The molecule has 2 heterocycles. The Hall–Kier alpha value is -4.17. The molecule has 0 aliphatic heterocycles. The average Bonchev–Trinajstić information content (AvgIpc) is 3.14. The van der Waals surface area contributed by atoms with E-state index < -0.39 is 0 Å². The van der Waals surface area contributed by atoms with Crippen molar-refractivity contribution < 1.29 is 20.1 Å². The molecular formula is C45H44IrN2-2. The van der Waals surface area contributed by atoms with Gasteiger partial charge in [0.05, 0.1) is 0 Å². The summed E-state index contributed by atoms with van der Waals surface area (Å²) in [6.07, 6.45) is 12.2. The maximum Gasteiger partial charge on any atom is 0.0192 e. The molecule has 245 valence electrons. The van der Waals surface area contributed by atoms with Crippen LogP contribution in [0.1, 0.15) is 68.2 Å². The fourth-order valence-corrected chi connectivity index (χ4v) is 6.58. The summed E-state index contributed by atoms with van der Waals surface area (Å²) in [6.45, 7) is 6.71. The van der Waals surface area contributed by atoms with Crippen LogP contribution < -0.4 is 0 Å². The molecule has 3 heteroatoms. The summed E-state index contributed by atoms with van der Waals surface area (Å²) in [5, 5.41) is 0. The summed E-state index contributed by atoms with van der Waals surface area (Å²) >= 11 is 0. The Kier molecular flexibility index (Phi) is 12.3. The number of benzene rings is 4. The molecular weight excluding hydrogens is 761 g/mol. The zero-order valence-electron chi connectivity index (χ0n) is 28.2. The molecule has 1 aliphatic carbocycles. The van der Waals surface area contributed by atoms with Crippen molar-refractivity contribution in [2.24, 2.45) is 5.92 Å². The average molecular weight is 805 g/mol. The van der Waals surface area contributed by atoms with Gasteiger partial charge in [-0.25, -0.2) is 0 Å². The quantitative estimate of drug-likeness (QED) is 0.150. The molecule has 0 amide bonds. The predicted octanol–water partition coefficient (Wildman–Crippen LogP) is 11.5. The summed E-state index contributed by atoms with van der Waals surface area (Å²) in [5.41, 5.74) is 11.8. The van der Waals surface area contributed by atoms with E-state index in [-0.39, 0.29) is 25.5 Å². The fraction of sp³-hybridized carbons (Fsp3) is 0.244. The number of hydrogen-bond donors (Lipinski definition) is 0. The number of hydrogen-bond acceptors (Lipinski definition) is 2. The van der Waals surface area contributed by atoms with Gasteiger partial charge in [-0.3, -0.25) is 0 Å². The van der Waals surface area contributed by atoms with Crippen LogP contribution in [-0.4, -0.2) is 9.97 Å². The summed E-state index contributed by atoms with van der Waals surface area (Å²) < 4.78 is 0. The van der Waals surface area contributed by atoms with Gasteiger partial charge in [-0.1, -0.05) is 118 Å². The maximum atomic E-state index is 4.57. The zero-order valence-corrected chi connectivity index (χ0v) is 30.6. The minimum atomic E-state index is -0.109. The molecule has 2 nitrogen and oxygen atoms in total. The Morgan fingerprint density at radius 3 is 1.88 bits per heavy atom. The third-order valence-corrected chi connectivity index (χ3v) is 9.61. The maximum absolute atomic E-state index is 4.57. The molecule has 6 aromatic rings. The molecule has 0 atom stereocenters. The van der Waals surface area contributed by atoms with E-state index in [9.17, 15) is 0 Å². The minimum absolute atomic E-state index is 0. The SMILES string of the molecule is CC(C)(c1ccc(-c2ccccc2)cc1)c1ccnc(-c2[c-]cccc2)c1.Cc1cnc(-c2[c-]cccc2)cc1CC1CCCCC1.[Ir]. The van der Waals surface area contributed by atoms with Crippen molar-refractivity contribution in [1.29, 1.82) is 0 Å². The zero-order chi connectivity index (χ0) is 32.5. The molecule has 0 spiro atoms. The van der Waals surface area contributed by atoms with Gasteiger partial charge in [-0.05, 0) is 64.5 Å². The van der Waals surface area contributed by atoms with Crippen molar-refractivity contribution in [3.63, 3.8) is 0 Å². The molecule has 1 radical (unpaired) electrons. The first-order valence-corrected chi connectivity index (χ1v) is 17.0. The largest absolute Gasteiger partial charge is 0.305 e. The number of aryl methyl sites for hydroxylation is 1. The molecule has 0 bridgehead atoms. The third-order valence-electron chi connectivity index (χ3n) is 9.61. The molecule has 1 aliphatic rings. The second-order valence-corrected chi connectivity index (χ2v) is 13.3. The van der Waals surface area contributed by atoms with Gasteiger partial charge in [0.25, 0.3) is 0 Å². The molecule has 0 unspecified atom stereocenters. The topological polar surface area (TPSA) is 25.8 Å². The molecule has 1 fully saturated rings. The van der Waals surface area contributed by atoms with Crippen molar-refractivity contribution in [3.8, 4) is 33.6 Å². The summed E-state index contributed by atoms with van der Waals surface area (Å²) in [5.74, 6) is 0.873.